The van der Waals surface area contributed by atoms with E-state index in [1.54, 1.807) is 12.3 Å². The number of nitrogens with zero attached hydrogens (tertiary/aromatic N) is 4. The zero-order valence-electron chi connectivity index (χ0n) is 19.4. The Labute approximate surface area is 205 Å². The molecule has 4 aromatic heterocycles. The molecular formula is C27H22FN7O. The summed E-state index contributed by atoms with van der Waals surface area (Å²) >= 11 is 0. The first-order valence-corrected chi connectivity index (χ1v) is 11.6. The van der Waals surface area contributed by atoms with Gasteiger partial charge in [-0.2, -0.15) is 5.10 Å². The summed E-state index contributed by atoms with van der Waals surface area (Å²) in [6, 6.07) is 13.9. The van der Waals surface area contributed by atoms with E-state index in [4.69, 9.17) is 0 Å². The Balaban J connectivity index is 1.44. The standard InChI is InChI=1S/C27H22FN7O/c1-2-29-12-15-7-18(14-30-13-15)16-3-4-23-22(10-16)25(35-34-23)27-32-24-21(5-6-31-26(24)33-27)17-8-19(28)11-20(36)9-17/h3-11,13-14,29,36H,2,12H2,1H3,(H,34,35)(H,31,32,33). The number of hydrogen-bond acceptors (Lipinski definition) is 6. The molecule has 8 nitrogen and oxygen atoms in total. The van der Waals surface area contributed by atoms with Gasteiger partial charge in [0.2, 0.25) is 0 Å². The van der Waals surface area contributed by atoms with Crippen molar-refractivity contribution < 1.29 is 9.50 Å². The van der Waals surface area contributed by atoms with Gasteiger partial charge in [0.1, 0.15) is 17.3 Å². The van der Waals surface area contributed by atoms with Gasteiger partial charge in [0.15, 0.2) is 11.5 Å². The Morgan fingerprint density at radius 1 is 1.00 bits per heavy atom. The Morgan fingerprint density at radius 3 is 2.78 bits per heavy atom. The van der Waals surface area contributed by atoms with Gasteiger partial charge < -0.3 is 15.4 Å². The normalized spacial score (nSPS) is 11.5. The van der Waals surface area contributed by atoms with E-state index in [9.17, 15) is 9.50 Å². The average Bonchev–Trinajstić information content (AvgIpc) is 3.50. The van der Waals surface area contributed by atoms with Crippen LogP contribution in [0.4, 0.5) is 4.39 Å². The van der Waals surface area contributed by atoms with Gasteiger partial charge in [-0.1, -0.05) is 13.0 Å². The summed E-state index contributed by atoms with van der Waals surface area (Å²) in [5.41, 5.74) is 6.96. The summed E-state index contributed by atoms with van der Waals surface area (Å²) in [4.78, 5) is 16.7. The molecule has 0 saturated carbocycles. The van der Waals surface area contributed by atoms with Crippen LogP contribution in [-0.2, 0) is 6.54 Å². The number of pyridine rings is 2. The molecule has 2 aromatic carbocycles. The number of imidazole rings is 1. The number of benzene rings is 2. The Morgan fingerprint density at radius 2 is 1.92 bits per heavy atom. The number of hydrogen-bond donors (Lipinski definition) is 4. The number of aromatic nitrogens is 6. The Kier molecular flexibility index (Phi) is 5.38. The summed E-state index contributed by atoms with van der Waals surface area (Å²) in [6.45, 7) is 3.72. The van der Waals surface area contributed by atoms with Crippen molar-refractivity contribution in [2.75, 3.05) is 6.54 Å². The van der Waals surface area contributed by atoms with Crippen LogP contribution in [0.3, 0.4) is 0 Å². The Hall–Kier alpha value is -4.63. The predicted molar refractivity (Wildman–Crippen MR) is 137 cm³/mol. The van der Waals surface area contributed by atoms with Crippen LogP contribution in [-0.4, -0.2) is 41.8 Å². The molecule has 0 aliphatic rings. The molecule has 0 fully saturated rings. The average molecular weight is 480 g/mol. The molecule has 4 heterocycles. The zero-order valence-corrected chi connectivity index (χ0v) is 19.4. The lowest BCUT2D eigenvalue weighted by Crippen LogP contribution is -2.11. The summed E-state index contributed by atoms with van der Waals surface area (Å²) in [5.74, 6) is -0.137. The van der Waals surface area contributed by atoms with E-state index in [1.807, 2.05) is 24.5 Å². The van der Waals surface area contributed by atoms with Crippen molar-refractivity contribution in [1.29, 1.82) is 0 Å². The number of aromatic hydroxyl groups is 1. The van der Waals surface area contributed by atoms with Crippen molar-refractivity contribution in [2.24, 2.45) is 0 Å². The molecule has 0 spiro atoms. The molecule has 0 radical (unpaired) electrons. The third-order valence-corrected chi connectivity index (χ3v) is 6.08. The summed E-state index contributed by atoms with van der Waals surface area (Å²) < 4.78 is 14.0. The first-order valence-electron chi connectivity index (χ1n) is 11.6. The van der Waals surface area contributed by atoms with Crippen molar-refractivity contribution in [3.05, 3.63) is 78.5 Å². The van der Waals surface area contributed by atoms with Crippen molar-refractivity contribution in [2.45, 2.75) is 13.5 Å². The molecule has 9 heteroatoms. The Bertz CT molecular complexity index is 1700. The smallest absolute Gasteiger partial charge is 0.178 e. The van der Waals surface area contributed by atoms with Crippen LogP contribution in [0.15, 0.2) is 67.1 Å². The van der Waals surface area contributed by atoms with Crippen molar-refractivity contribution in [3.63, 3.8) is 0 Å². The van der Waals surface area contributed by atoms with Crippen LogP contribution in [0.25, 0.3) is 55.8 Å². The van der Waals surface area contributed by atoms with E-state index in [1.165, 1.54) is 12.1 Å². The molecule has 0 saturated heterocycles. The van der Waals surface area contributed by atoms with Crippen LogP contribution < -0.4 is 5.32 Å². The summed E-state index contributed by atoms with van der Waals surface area (Å²) in [5, 5.41) is 21.7. The fourth-order valence-corrected chi connectivity index (χ4v) is 4.38. The quantitative estimate of drug-likeness (QED) is 0.262. The molecule has 6 aromatic rings. The maximum Gasteiger partial charge on any atom is 0.178 e. The van der Waals surface area contributed by atoms with Crippen LogP contribution >= 0.6 is 0 Å². The van der Waals surface area contributed by atoms with E-state index in [2.05, 4.69) is 54.5 Å². The van der Waals surface area contributed by atoms with E-state index < -0.39 is 5.82 Å². The van der Waals surface area contributed by atoms with Gasteiger partial charge in [-0.15, -0.1) is 0 Å². The van der Waals surface area contributed by atoms with E-state index in [-0.39, 0.29) is 5.75 Å². The highest BCUT2D eigenvalue weighted by molar-refractivity contribution is 5.97. The molecule has 0 unspecified atom stereocenters. The first-order chi connectivity index (χ1) is 17.6. The highest BCUT2D eigenvalue weighted by Gasteiger charge is 2.17. The maximum absolute atomic E-state index is 14.0. The number of H-pyrrole nitrogens is 2. The molecule has 0 amide bonds. The lowest BCUT2D eigenvalue weighted by atomic mass is 10.0. The number of rotatable bonds is 6. The molecule has 6 rings (SSSR count). The minimum Gasteiger partial charge on any atom is -0.508 e. The number of phenols is 1. The molecule has 0 aliphatic heterocycles. The largest absolute Gasteiger partial charge is 0.508 e. The predicted octanol–water partition coefficient (Wildman–Crippen LogP) is 5.18. The minimum atomic E-state index is -0.524. The number of fused-ring (bicyclic) bond motifs is 2. The highest BCUT2D eigenvalue weighted by atomic mass is 19.1. The van der Waals surface area contributed by atoms with Crippen molar-refractivity contribution >= 4 is 22.1 Å². The second-order valence-corrected chi connectivity index (χ2v) is 8.54. The molecular weight excluding hydrogens is 457 g/mol. The molecule has 4 N–H and O–H groups in total. The van der Waals surface area contributed by atoms with Crippen molar-refractivity contribution in [3.8, 4) is 39.5 Å². The van der Waals surface area contributed by atoms with E-state index >= 15 is 0 Å². The van der Waals surface area contributed by atoms with Gasteiger partial charge in [0, 0.05) is 47.7 Å². The van der Waals surface area contributed by atoms with Crippen LogP contribution in [0.1, 0.15) is 12.5 Å². The SMILES string of the molecule is CCNCc1cncc(-c2ccc3[nH]nc(-c4nc5nccc(-c6cc(O)cc(F)c6)c5[nH]4)c3c2)c1. The number of aromatic amines is 2. The van der Waals surface area contributed by atoms with E-state index in [0.29, 0.717) is 33.8 Å². The summed E-state index contributed by atoms with van der Waals surface area (Å²) in [7, 11) is 0. The number of nitrogens with one attached hydrogen (secondary N) is 3. The second-order valence-electron chi connectivity index (χ2n) is 8.54. The van der Waals surface area contributed by atoms with Gasteiger partial charge in [0.05, 0.1) is 11.0 Å². The first kappa shape index (κ1) is 21.9. The third-order valence-electron chi connectivity index (χ3n) is 6.08. The van der Waals surface area contributed by atoms with Gasteiger partial charge in [-0.25, -0.2) is 14.4 Å². The van der Waals surface area contributed by atoms with Crippen LogP contribution in [0.5, 0.6) is 5.75 Å². The van der Waals surface area contributed by atoms with Gasteiger partial charge in [-0.3, -0.25) is 10.1 Å². The zero-order chi connectivity index (χ0) is 24.6. The van der Waals surface area contributed by atoms with E-state index in [0.717, 1.165) is 46.7 Å². The van der Waals surface area contributed by atoms with Crippen LogP contribution in [0.2, 0.25) is 0 Å². The number of phenolic OH excluding ortho intramolecular Hbond substituents is 1. The van der Waals surface area contributed by atoms with Crippen molar-refractivity contribution in [1.82, 2.24) is 35.5 Å². The maximum atomic E-state index is 14.0. The minimum absolute atomic E-state index is 0.149. The van der Waals surface area contributed by atoms with Crippen LogP contribution in [0, 0.1) is 5.82 Å². The molecule has 178 valence electrons. The fraction of sp³-hybridized carbons (Fsp3) is 0.111. The lowest BCUT2D eigenvalue weighted by Gasteiger charge is -2.06. The topological polar surface area (TPSA) is 115 Å². The monoisotopic (exact) mass is 479 g/mol. The molecule has 0 aliphatic carbocycles. The third kappa shape index (κ3) is 3.95. The highest BCUT2D eigenvalue weighted by Crippen LogP contribution is 2.33. The lowest BCUT2D eigenvalue weighted by molar-refractivity contribution is 0.469. The molecule has 36 heavy (non-hydrogen) atoms. The summed E-state index contributed by atoms with van der Waals surface area (Å²) in [6.07, 6.45) is 5.33. The fourth-order valence-electron chi connectivity index (χ4n) is 4.38. The second kappa shape index (κ2) is 8.86. The van der Waals surface area contributed by atoms with Gasteiger partial charge in [-0.05, 0) is 59.6 Å². The molecule has 0 atom stereocenters. The van der Waals surface area contributed by atoms with Gasteiger partial charge in [0.25, 0.3) is 0 Å². The molecule has 0 bridgehead atoms. The van der Waals surface area contributed by atoms with Gasteiger partial charge >= 0.3 is 0 Å². The number of halogens is 1.